The number of hydrogen-bond donors (Lipinski definition) is 0. The third-order valence-corrected chi connectivity index (χ3v) is 5.74. The van der Waals surface area contributed by atoms with Gasteiger partial charge in [-0.25, -0.2) is 0 Å². The molecule has 0 aliphatic carbocycles. The molecule has 0 N–H and O–H groups in total. The average Bonchev–Trinajstić information content (AvgIpc) is 2.50. The van der Waals surface area contributed by atoms with E-state index in [2.05, 4.69) is 65.9 Å². The van der Waals surface area contributed by atoms with Gasteiger partial charge in [0, 0.05) is 3.57 Å². The fourth-order valence-electron chi connectivity index (χ4n) is 2.54. The van der Waals surface area contributed by atoms with Crippen LogP contribution in [0.5, 0.6) is 0 Å². The minimum atomic E-state index is -0.204. The van der Waals surface area contributed by atoms with E-state index in [0.29, 0.717) is 0 Å². The van der Waals surface area contributed by atoms with E-state index >= 15 is 0 Å². The van der Waals surface area contributed by atoms with Gasteiger partial charge in [-0.1, -0.05) is 54.1 Å². The van der Waals surface area contributed by atoms with Gasteiger partial charge in [-0.2, -0.15) is 0 Å². The van der Waals surface area contributed by atoms with Crippen LogP contribution in [0.15, 0.2) is 54.6 Å². The SMILES string of the molecule is Cc1ccc(C(Cl)c2ccc(I)c(Cl)c2)c2ccccc12. The first-order valence-corrected chi connectivity index (χ1v) is 8.54. The molecule has 1 unspecified atom stereocenters. The van der Waals surface area contributed by atoms with Crippen molar-refractivity contribution in [2.24, 2.45) is 0 Å². The maximum atomic E-state index is 6.73. The Labute approximate surface area is 148 Å². The fraction of sp³-hybridized carbons (Fsp3) is 0.111. The first-order valence-electron chi connectivity index (χ1n) is 6.65. The van der Waals surface area contributed by atoms with Crippen LogP contribution in [0.3, 0.4) is 0 Å². The highest BCUT2D eigenvalue weighted by Crippen LogP contribution is 2.36. The fourth-order valence-corrected chi connectivity index (χ4v) is 3.39. The number of alkyl halides is 1. The first kappa shape index (κ1) is 15.1. The molecule has 0 heterocycles. The summed E-state index contributed by atoms with van der Waals surface area (Å²) in [5.74, 6) is 0. The molecule has 3 aromatic carbocycles. The minimum Gasteiger partial charge on any atom is -0.113 e. The van der Waals surface area contributed by atoms with Crippen molar-refractivity contribution in [1.29, 1.82) is 0 Å². The number of fused-ring (bicyclic) bond motifs is 1. The van der Waals surface area contributed by atoms with Crippen LogP contribution in [-0.4, -0.2) is 0 Å². The van der Waals surface area contributed by atoms with Gasteiger partial charge in [0.15, 0.2) is 0 Å². The molecule has 3 aromatic rings. The summed E-state index contributed by atoms with van der Waals surface area (Å²) >= 11 is 15.2. The Bertz CT molecular complexity index is 811. The van der Waals surface area contributed by atoms with Crippen molar-refractivity contribution in [2.45, 2.75) is 12.3 Å². The van der Waals surface area contributed by atoms with Gasteiger partial charge in [-0.3, -0.25) is 0 Å². The van der Waals surface area contributed by atoms with Gasteiger partial charge >= 0.3 is 0 Å². The standard InChI is InChI=1S/C18H13Cl2I/c1-11-6-8-15(14-5-3-2-4-13(11)14)18(20)12-7-9-17(21)16(19)10-12/h2-10,18H,1H3. The van der Waals surface area contributed by atoms with Gasteiger partial charge in [0.1, 0.15) is 0 Å². The van der Waals surface area contributed by atoms with Crippen LogP contribution in [0.4, 0.5) is 0 Å². The highest BCUT2D eigenvalue weighted by Gasteiger charge is 2.15. The molecular weight excluding hydrogens is 414 g/mol. The smallest absolute Gasteiger partial charge is 0.0841 e. The van der Waals surface area contributed by atoms with Crippen LogP contribution in [0.1, 0.15) is 22.1 Å². The Morgan fingerprint density at radius 2 is 1.67 bits per heavy atom. The van der Waals surface area contributed by atoms with Gasteiger partial charge < -0.3 is 0 Å². The quantitative estimate of drug-likeness (QED) is 0.314. The molecule has 1 atom stereocenters. The van der Waals surface area contributed by atoms with Crippen LogP contribution in [0, 0.1) is 10.5 Å². The molecule has 0 bridgehead atoms. The number of benzene rings is 3. The van der Waals surface area contributed by atoms with Gasteiger partial charge in [0.05, 0.1) is 10.4 Å². The zero-order valence-electron chi connectivity index (χ0n) is 11.4. The monoisotopic (exact) mass is 426 g/mol. The average molecular weight is 427 g/mol. The zero-order chi connectivity index (χ0) is 15.0. The van der Waals surface area contributed by atoms with E-state index in [1.54, 1.807) is 0 Å². The molecule has 0 amide bonds. The number of halogens is 3. The van der Waals surface area contributed by atoms with E-state index in [1.165, 1.54) is 16.3 Å². The van der Waals surface area contributed by atoms with Crippen molar-refractivity contribution in [2.75, 3.05) is 0 Å². The highest BCUT2D eigenvalue weighted by atomic mass is 127. The summed E-state index contributed by atoms with van der Waals surface area (Å²) in [5, 5.41) is 2.99. The Morgan fingerprint density at radius 3 is 2.38 bits per heavy atom. The van der Waals surface area contributed by atoms with E-state index in [0.717, 1.165) is 19.7 Å². The molecule has 0 saturated heterocycles. The molecule has 3 heteroatoms. The lowest BCUT2D eigenvalue weighted by Gasteiger charge is -2.15. The van der Waals surface area contributed by atoms with E-state index in [1.807, 2.05) is 18.2 Å². The molecule has 0 radical (unpaired) electrons. The summed E-state index contributed by atoms with van der Waals surface area (Å²) < 4.78 is 1.04. The lowest BCUT2D eigenvalue weighted by atomic mass is 9.95. The predicted octanol–water partition coefficient (Wildman–Crippen LogP) is 6.73. The summed E-state index contributed by atoms with van der Waals surface area (Å²) in [6.45, 7) is 2.12. The number of rotatable bonds is 2. The molecule has 106 valence electrons. The van der Waals surface area contributed by atoms with Crippen molar-refractivity contribution >= 4 is 56.6 Å². The molecule has 0 aromatic heterocycles. The van der Waals surface area contributed by atoms with E-state index in [9.17, 15) is 0 Å². The molecule has 21 heavy (non-hydrogen) atoms. The van der Waals surface area contributed by atoms with E-state index in [-0.39, 0.29) is 5.38 Å². The van der Waals surface area contributed by atoms with E-state index < -0.39 is 0 Å². The Morgan fingerprint density at radius 1 is 0.952 bits per heavy atom. The highest BCUT2D eigenvalue weighted by molar-refractivity contribution is 14.1. The van der Waals surface area contributed by atoms with Crippen molar-refractivity contribution in [1.82, 2.24) is 0 Å². The molecule has 3 rings (SSSR count). The summed E-state index contributed by atoms with van der Waals surface area (Å²) in [5.41, 5.74) is 3.41. The van der Waals surface area contributed by atoms with Crippen molar-refractivity contribution in [3.63, 3.8) is 0 Å². The topological polar surface area (TPSA) is 0 Å². The molecule has 0 fully saturated rings. The second-order valence-corrected chi connectivity index (χ2v) is 7.06. The van der Waals surface area contributed by atoms with Crippen LogP contribution < -0.4 is 0 Å². The van der Waals surface area contributed by atoms with Crippen LogP contribution in [-0.2, 0) is 0 Å². The largest absolute Gasteiger partial charge is 0.113 e. The summed E-state index contributed by atoms with van der Waals surface area (Å²) in [6.07, 6.45) is 0. The third-order valence-electron chi connectivity index (χ3n) is 3.69. The first-order chi connectivity index (χ1) is 10.1. The molecule has 0 aliphatic heterocycles. The van der Waals surface area contributed by atoms with Crippen molar-refractivity contribution in [3.8, 4) is 0 Å². The summed E-state index contributed by atoms with van der Waals surface area (Å²) in [6, 6.07) is 18.6. The minimum absolute atomic E-state index is 0.204. The predicted molar refractivity (Wildman–Crippen MR) is 101 cm³/mol. The Kier molecular flexibility index (Phi) is 4.43. The van der Waals surface area contributed by atoms with Crippen LogP contribution in [0.2, 0.25) is 5.02 Å². The summed E-state index contributed by atoms with van der Waals surface area (Å²) in [4.78, 5) is 0. The van der Waals surface area contributed by atoms with Crippen molar-refractivity contribution in [3.05, 3.63) is 79.9 Å². The Balaban J connectivity index is 2.15. The van der Waals surface area contributed by atoms with Crippen LogP contribution >= 0.6 is 45.8 Å². The van der Waals surface area contributed by atoms with Gasteiger partial charge in [0.25, 0.3) is 0 Å². The molecule has 0 nitrogen and oxygen atoms in total. The van der Waals surface area contributed by atoms with Gasteiger partial charge in [-0.05, 0) is 69.1 Å². The van der Waals surface area contributed by atoms with Gasteiger partial charge in [0.2, 0.25) is 0 Å². The second kappa shape index (κ2) is 6.15. The van der Waals surface area contributed by atoms with Gasteiger partial charge in [-0.15, -0.1) is 11.6 Å². The summed E-state index contributed by atoms with van der Waals surface area (Å²) in [7, 11) is 0. The molecule has 0 saturated carbocycles. The molecular formula is C18H13Cl2I. The third kappa shape index (κ3) is 2.92. The number of hydrogen-bond acceptors (Lipinski definition) is 0. The lowest BCUT2D eigenvalue weighted by Crippen LogP contribution is -1.96. The zero-order valence-corrected chi connectivity index (χ0v) is 15.1. The molecule has 0 aliphatic rings. The maximum absolute atomic E-state index is 6.73. The van der Waals surface area contributed by atoms with E-state index in [4.69, 9.17) is 23.2 Å². The second-order valence-electron chi connectivity index (χ2n) is 5.05. The van der Waals surface area contributed by atoms with Crippen molar-refractivity contribution < 1.29 is 0 Å². The van der Waals surface area contributed by atoms with Crippen LogP contribution in [0.25, 0.3) is 10.8 Å². The number of aryl methyl sites for hydroxylation is 1. The normalized spacial score (nSPS) is 12.6. The lowest BCUT2D eigenvalue weighted by molar-refractivity contribution is 1.15. The Hall–Kier alpha value is -0.770. The molecule has 0 spiro atoms. The maximum Gasteiger partial charge on any atom is 0.0841 e.